The van der Waals surface area contributed by atoms with Gasteiger partial charge in [0.25, 0.3) is 0 Å². The fraction of sp³-hybridized carbons (Fsp3) is 0.588. The largest absolute Gasteiger partial charge is 0.371 e. The number of pyridine rings is 1. The van der Waals surface area contributed by atoms with Crippen molar-refractivity contribution in [1.82, 2.24) is 9.88 Å². The molecule has 128 valence electrons. The van der Waals surface area contributed by atoms with Crippen LogP contribution in [-0.2, 0) is 25.5 Å². The number of hydrogen-bond donors (Lipinski definition) is 0. The van der Waals surface area contributed by atoms with Gasteiger partial charge in [0.2, 0.25) is 5.91 Å². The molecule has 0 spiro atoms. The fourth-order valence-corrected chi connectivity index (χ4v) is 1.68. The summed E-state index contributed by atoms with van der Waals surface area (Å²) in [6, 6.07) is 5.73. The molecule has 1 amide bonds. The number of hydrogen-bond acceptors (Lipinski definition) is 5. The molecule has 6 heteroatoms. The maximum atomic E-state index is 11.9. The second-order valence-corrected chi connectivity index (χ2v) is 5.61. The summed E-state index contributed by atoms with van der Waals surface area (Å²) in [5, 5.41) is 0. The van der Waals surface area contributed by atoms with Gasteiger partial charge in [0.1, 0.15) is 13.2 Å². The summed E-state index contributed by atoms with van der Waals surface area (Å²) in [5.41, 5.74) is 0.955. The predicted octanol–water partition coefficient (Wildman–Crippen LogP) is 1.34. The highest BCUT2D eigenvalue weighted by Crippen LogP contribution is 1.97. The first-order valence-electron chi connectivity index (χ1n) is 7.82. The van der Waals surface area contributed by atoms with Crippen LogP contribution in [0.25, 0.3) is 0 Å². The van der Waals surface area contributed by atoms with Crippen LogP contribution in [0.2, 0.25) is 0 Å². The van der Waals surface area contributed by atoms with Gasteiger partial charge in [0, 0.05) is 37.8 Å². The normalized spacial score (nSPS) is 10.8. The van der Waals surface area contributed by atoms with Crippen molar-refractivity contribution in [3.05, 3.63) is 30.1 Å². The molecule has 1 aromatic rings. The highest BCUT2D eigenvalue weighted by molar-refractivity contribution is 5.81. The second-order valence-electron chi connectivity index (χ2n) is 5.61. The number of nitrogens with zero attached hydrogens (tertiary/aromatic N) is 2. The highest BCUT2D eigenvalue weighted by Gasteiger charge is 2.09. The summed E-state index contributed by atoms with van der Waals surface area (Å²) in [5.74, 6) is -0.0419. The van der Waals surface area contributed by atoms with E-state index in [1.807, 2.05) is 32.0 Å². The lowest BCUT2D eigenvalue weighted by Crippen LogP contribution is -2.32. The number of ether oxygens (including phenoxy) is 2. The van der Waals surface area contributed by atoms with E-state index >= 15 is 0 Å². The minimum atomic E-state index is -0.0841. The molecule has 0 saturated carbocycles. The molecule has 1 heterocycles. The zero-order valence-corrected chi connectivity index (χ0v) is 14.2. The average Bonchev–Trinajstić information content (AvgIpc) is 2.56. The Hall–Kier alpha value is -1.79. The predicted molar refractivity (Wildman–Crippen MR) is 87.1 cm³/mol. The summed E-state index contributed by atoms with van der Waals surface area (Å²) in [6.07, 6.45) is 2.45. The van der Waals surface area contributed by atoms with Crippen LogP contribution in [0.1, 0.15) is 19.5 Å². The highest BCUT2D eigenvalue weighted by atomic mass is 16.5. The molecule has 0 atom stereocenters. The molecule has 0 aromatic carbocycles. The van der Waals surface area contributed by atoms with Gasteiger partial charge in [0.05, 0.1) is 13.2 Å². The second kappa shape index (κ2) is 10.9. The first-order valence-corrected chi connectivity index (χ1v) is 7.82. The SMILES string of the molecule is CC(C)C(=O)COCCOCC(=O)N(C)CCc1ccccn1. The summed E-state index contributed by atoms with van der Waals surface area (Å²) in [6.45, 7) is 4.98. The third-order valence-electron chi connectivity index (χ3n) is 3.34. The lowest BCUT2D eigenvalue weighted by atomic mass is 10.1. The van der Waals surface area contributed by atoms with Gasteiger partial charge in [0.15, 0.2) is 5.78 Å². The Kier molecular flexibility index (Phi) is 9.09. The van der Waals surface area contributed by atoms with Crippen LogP contribution >= 0.6 is 0 Å². The number of likely N-dealkylation sites (N-methyl/N-ethyl adjacent to an activating group) is 1. The Morgan fingerprint density at radius 2 is 1.87 bits per heavy atom. The maximum absolute atomic E-state index is 11.9. The molecule has 0 bridgehead atoms. The molecule has 0 fully saturated rings. The number of Topliss-reactive ketones (excluding diaryl/α,β-unsaturated/α-hetero) is 1. The summed E-state index contributed by atoms with van der Waals surface area (Å²) < 4.78 is 10.5. The molecule has 0 aliphatic heterocycles. The van der Waals surface area contributed by atoms with Crippen molar-refractivity contribution < 1.29 is 19.1 Å². The molecule has 1 aromatic heterocycles. The standard InChI is InChI=1S/C17H26N2O4/c1-14(2)16(20)12-22-10-11-23-13-17(21)19(3)9-7-15-6-4-5-8-18-15/h4-6,8,14H,7,9-13H2,1-3H3. The maximum Gasteiger partial charge on any atom is 0.248 e. The number of aromatic nitrogens is 1. The van der Waals surface area contributed by atoms with Crippen LogP contribution in [0, 0.1) is 5.92 Å². The van der Waals surface area contributed by atoms with Crippen molar-refractivity contribution in [3.63, 3.8) is 0 Å². The van der Waals surface area contributed by atoms with E-state index in [1.165, 1.54) is 0 Å². The van der Waals surface area contributed by atoms with Crippen LogP contribution in [0.3, 0.4) is 0 Å². The smallest absolute Gasteiger partial charge is 0.248 e. The quantitative estimate of drug-likeness (QED) is 0.575. The summed E-state index contributed by atoms with van der Waals surface area (Å²) >= 11 is 0. The molecular weight excluding hydrogens is 296 g/mol. The van der Waals surface area contributed by atoms with Gasteiger partial charge in [-0.2, -0.15) is 0 Å². The molecule has 1 rings (SSSR count). The van der Waals surface area contributed by atoms with Gasteiger partial charge < -0.3 is 14.4 Å². The average molecular weight is 322 g/mol. The Balaban J connectivity index is 2.08. The van der Waals surface area contributed by atoms with E-state index in [-0.39, 0.29) is 30.8 Å². The van der Waals surface area contributed by atoms with Crippen LogP contribution in [0.4, 0.5) is 0 Å². The zero-order chi connectivity index (χ0) is 17.1. The van der Waals surface area contributed by atoms with Crippen LogP contribution in [0.15, 0.2) is 24.4 Å². The minimum absolute atomic E-state index is 0.0141. The molecule has 0 aliphatic rings. The Morgan fingerprint density at radius 3 is 2.48 bits per heavy atom. The Bertz CT molecular complexity index is 477. The van der Waals surface area contributed by atoms with E-state index in [0.717, 1.165) is 5.69 Å². The number of carbonyl (C=O) groups excluding carboxylic acids is 2. The van der Waals surface area contributed by atoms with Crippen LogP contribution in [-0.4, -0.2) is 61.6 Å². The number of ketones is 1. The Morgan fingerprint density at radius 1 is 1.17 bits per heavy atom. The van der Waals surface area contributed by atoms with Crippen molar-refractivity contribution >= 4 is 11.7 Å². The summed E-state index contributed by atoms with van der Waals surface area (Å²) in [7, 11) is 1.74. The third kappa shape index (κ3) is 8.42. The first-order chi connectivity index (χ1) is 11.0. The molecule has 0 radical (unpaired) electrons. The van der Waals surface area contributed by atoms with Crippen molar-refractivity contribution in [2.24, 2.45) is 5.92 Å². The molecule has 23 heavy (non-hydrogen) atoms. The van der Waals surface area contributed by atoms with E-state index in [4.69, 9.17) is 9.47 Å². The molecule has 6 nitrogen and oxygen atoms in total. The van der Waals surface area contributed by atoms with Gasteiger partial charge in [-0.25, -0.2) is 0 Å². The van der Waals surface area contributed by atoms with Gasteiger partial charge in [-0.1, -0.05) is 19.9 Å². The van der Waals surface area contributed by atoms with E-state index in [9.17, 15) is 9.59 Å². The van der Waals surface area contributed by atoms with Crippen LogP contribution < -0.4 is 0 Å². The topological polar surface area (TPSA) is 68.7 Å². The van der Waals surface area contributed by atoms with E-state index in [2.05, 4.69) is 4.98 Å². The van der Waals surface area contributed by atoms with Crippen molar-refractivity contribution in [2.75, 3.05) is 40.0 Å². The van der Waals surface area contributed by atoms with E-state index in [0.29, 0.717) is 26.2 Å². The molecular formula is C17H26N2O4. The monoisotopic (exact) mass is 322 g/mol. The molecule has 0 saturated heterocycles. The summed E-state index contributed by atoms with van der Waals surface area (Å²) in [4.78, 5) is 29.1. The van der Waals surface area contributed by atoms with Gasteiger partial charge in [-0.3, -0.25) is 14.6 Å². The molecule has 0 N–H and O–H groups in total. The van der Waals surface area contributed by atoms with Crippen molar-refractivity contribution in [3.8, 4) is 0 Å². The number of rotatable bonds is 11. The van der Waals surface area contributed by atoms with Gasteiger partial charge in [-0.05, 0) is 12.1 Å². The number of amides is 1. The zero-order valence-electron chi connectivity index (χ0n) is 14.2. The van der Waals surface area contributed by atoms with E-state index < -0.39 is 0 Å². The van der Waals surface area contributed by atoms with E-state index in [1.54, 1.807) is 18.1 Å². The van der Waals surface area contributed by atoms with Crippen molar-refractivity contribution in [2.45, 2.75) is 20.3 Å². The lowest BCUT2D eigenvalue weighted by Gasteiger charge is -2.17. The van der Waals surface area contributed by atoms with Crippen molar-refractivity contribution in [1.29, 1.82) is 0 Å². The van der Waals surface area contributed by atoms with Crippen LogP contribution in [0.5, 0.6) is 0 Å². The molecule has 0 unspecified atom stereocenters. The Labute approximate surface area is 137 Å². The number of carbonyl (C=O) groups is 2. The van der Waals surface area contributed by atoms with Gasteiger partial charge in [-0.15, -0.1) is 0 Å². The third-order valence-corrected chi connectivity index (χ3v) is 3.34. The fourth-order valence-electron chi connectivity index (χ4n) is 1.68. The molecule has 0 aliphatic carbocycles. The minimum Gasteiger partial charge on any atom is -0.371 e. The van der Waals surface area contributed by atoms with Gasteiger partial charge >= 0.3 is 0 Å². The lowest BCUT2D eigenvalue weighted by molar-refractivity contribution is -0.136. The first kappa shape index (κ1) is 19.3.